The van der Waals surface area contributed by atoms with Gasteiger partial charge in [0.05, 0.1) is 0 Å². The largest absolute Gasteiger partial charge is 0.389 e. The minimum atomic E-state index is 0.277. The maximum Gasteiger partial charge on any atom is 0.103 e. The highest BCUT2D eigenvalue weighted by molar-refractivity contribution is 7.80. The van der Waals surface area contributed by atoms with Crippen LogP contribution in [0.4, 0.5) is 0 Å². The molecule has 4 rings (SSSR count). The lowest BCUT2D eigenvalue weighted by molar-refractivity contribution is 0.0284. The van der Waals surface area contributed by atoms with Crippen molar-refractivity contribution in [3.8, 4) is 0 Å². The smallest absolute Gasteiger partial charge is 0.103 e. The molecule has 0 radical (unpaired) electrons. The molecule has 2 bridgehead atoms. The van der Waals surface area contributed by atoms with Crippen molar-refractivity contribution in [2.24, 2.45) is 17.6 Å². The number of hydrogen-bond donors (Lipinski definition) is 1. The maximum atomic E-state index is 5.86. The van der Waals surface area contributed by atoms with E-state index in [9.17, 15) is 0 Å². The molecule has 0 spiro atoms. The summed E-state index contributed by atoms with van der Waals surface area (Å²) in [5.74, 6) is 1.68. The van der Waals surface area contributed by atoms with Gasteiger partial charge in [-0.25, -0.2) is 0 Å². The zero-order chi connectivity index (χ0) is 15.5. The Kier molecular flexibility index (Phi) is 3.35. The SMILES string of the molecule is CC1C2Cc3ccc(C(N)=S)cc3C1(C)CCN2CC1CC1. The molecule has 2 fully saturated rings. The first-order valence-corrected chi connectivity index (χ1v) is 9.07. The van der Waals surface area contributed by atoms with Crippen LogP contribution in [-0.4, -0.2) is 29.0 Å². The minimum Gasteiger partial charge on any atom is -0.389 e. The molecule has 3 heteroatoms. The van der Waals surface area contributed by atoms with Crippen LogP contribution in [0.5, 0.6) is 0 Å². The Hall–Kier alpha value is -0.930. The molecule has 1 saturated heterocycles. The summed E-state index contributed by atoms with van der Waals surface area (Å²) in [6, 6.07) is 7.38. The quantitative estimate of drug-likeness (QED) is 0.868. The Morgan fingerprint density at radius 2 is 2.18 bits per heavy atom. The second-order valence-corrected chi connectivity index (χ2v) is 8.34. The molecule has 0 amide bonds. The molecule has 3 unspecified atom stereocenters. The van der Waals surface area contributed by atoms with Crippen molar-refractivity contribution in [3.63, 3.8) is 0 Å². The van der Waals surface area contributed by atoms with Crippen molar-refractivity contribution in [2.75, 3.05) is 13.1 Å². The van der Waals surface area contributed by atoms with Crippen LogP contribution in [0, 0.1) is 11.8 Å². The summed E-state index contributed by atoms with van der Waals surface area (Å²) in [5, 5.41) is 0. The molecule has 1 heterocycles. The third-order valence-electron chi connectivity index (χ3n) is 6.60. The van der Waals surface area contributed by atoms with E-state index in [1.54, 1.807) is 0 Å². The van der Waals surface area contributed by atoms with Gasteiger partial charge in [-0.05, 0) is 66.7 Å². The van der Waals surface area contributed by atoms with E-state index in [-0.39, 0.29) is 5.41 Å². The first-order valence-electron chi connectivity index (χ1n) is 8.66. The van der Waals surface area contributed by atoms with Gasteiger partial charge in [0.15, 0.2) is 0 Å². The van der Waals surface area contributed by atoms with E-state index < -0.39 is 0 Å². The van der Waals surface area contributed by atoms with Gasteiger partial charge in [0.1, 0.15) is 4.99 Å². The fourth-order valence-electron chi connectivity index (χ4n) is 4.72. The Morgan fingerprint density at radius 1 is 1.41 bits per heavy atom. The van der Waals surface area contributed by atoms with E-state index >= 15 is 0 Å². The topological polar surface area (TPSA) is 29.3 Å². The number of thiocarbonyl (C=S) groups is 1. The monoisotopic (exact) mass is 314 g/mol. The van der Waals surface area contributed by atoms with Gasteiger partial charge >= 0.3 is 0 Å². The van der Waals surface area contributed by atoms with Gasteiger partial charge < -0.3 is 5.73 Å². The Bertz CT molecular complexity index is 622. The average molecular weight is 314 g/mol. The molecule has 118 valence electrons. The van der Waals surface area contributed by atoms with Crippen molar-refractivity contribution in [3.05, 3.63) is 34.9 Å². The molecular weight excluding hydrogens is 288 g/mol. The van der Waals surface area contributed by atoms with Crippen molar-refractivity contribution in [1.29, 1.82) is 0 Å². The van der Waals surface area contributed by atoms with Crippen LogP contribution in [0.15, 0.2) is 18.2 Å². The number of piperidine rings is 1. The molecule has 3 aliphatic rings. The molecule has 1 aliphatic heterocycles. The van der Waals surface area contributed by atoms with Crippen LogP contribution < -0.4 is 5.73 Å². The van der Waals surface area contributed by atoms with Gasteiger partial charge in [-0.15, -0.1) is 0 Å². The van der Waals surface area contributed by atoms with Gasteiger partial charge in [-0.3, -0.25) is 4.90 Å². The molecule has 2 aliphatic carbocycles. The van der Waals surface area contributed by atoms with Gasteiger partial charge in [0, 0.05) is 18.2 Å². The van der Waals surface area contributed by atoms with Crippen LogP contribution in [0.3, 0.4) is 0 Å². The molecule has 0 aromatic heterocycles. The molecule has 22 heavy (non-hydrogen) atoms. The van der Waals surface area contributed by atoms with E-state index in [1.165, 1.54) is 49.9 Å². The van der Waals surface area contributed by atoms with Crippen molar-refractivity contribution in [2.45, 2.75) is 51.0 Å². The summed E-state index contributed by atoms with van der Waals surface area (Å²) in [6.45, 7) is 7.49. The molecular formula is C19H26N2S. The number of benzene rings is 1. The molecule has 2 nitrogen and oxygen atoms in total. The summed E-state index contributed by atoms with van der Waals surface area (Å²) in [7, 11) is 0. The molecule has 3 atom stereocenters. The van der Waals surface area contributed by atoms with Crippen LogP contribution in [0.2, 0.25) is 0 Å². The lowest BCUT2D eigenvalue weighted by Crippen LogP contribution is -2.58. The normalized spacial score (nSPS) is 34.3. The standard InChI is InChI=1S/C19H26N2S/c1-12-17-10-14-5-6-15(18(20)22)9-16(14)19(12,2)7-8-21(17)11-13-3-4-13/h5-6,9,12-13,17H,3-4,7-8,10-11H2,1-2H3,(H2,20,22). The van der Waals surface area contributed by atoms with E-state index in [2.05, 4.69) is 36.9 Å². The minimum absolute atomic E-state index is 0.277. The van der Waals surface area contributed by atoms with Crippen LogP contribution in [0.25, 0.3) is 0 Å². The van der Waals surface area contributed by atoms with Gasteiger partial charge in [-0.1, -0.05) is 38.2 Å². The molecule has 1 aromatic carbocycles. The number of nitrogens with two attached hydrogens (primary N) is 1. The van der Waals surface area contributed by atoms with Crippen molar-refractivity contribution in [1.82, 2.24) is 4.90 Å². The van der Waals surface area contributed by atoms with Crippen LogP contribution in [-0.2, 0) is 11.8 Å². The summed E-state index contributed by atoms with van der Waals surface area (Å²) in [6.07, 6.45) is 5.34. The predicted octanol–water partition coefficient (Wildman–Crippen LogP) is 3.26. The number of fused-ring (bicyclic) bond motifs is 4. The fraction of sp³-hybridized carbons (Fsp3) is 0.632. The van der Waals surface area contributed by atoms with Crippen LogP contribution >= 0.6 is 12.2 Å². The summed E-state index contributed by atoms with van der Waals surface area (Å²) >= 11 is 5.19. The fourth-order valence-corrected chi connectivity index (χ4v) is 4.85. The average Bonchev–Trinajstić information content (AvgIpc) is 3.29. The summed E-state index contributed by atoms with van der Waals surface area (Å²) in [5.41, 5.74) is 10.2. The number of rotatable bonds is 3. The Balaban J connectivity index is 1.72. The van der Waals surface area contributed by atoms with E-state index in [1.807, 2.05) is 0 Å². The highest BCUT2D eigenvalue weighted by atomic mass is 32.1. The van der Waals surface area contributed by atoms with Crippen molar-refractivity contribution < 1.29 is 0 Å². The van der Waals surface area contributed by atoms with E-state index in [0.717, 1.165) is 11.5 Å². The first-order chi connectivity index (χ1) is 10.5. The summed E-state index contributed by atoms with van der Waals surface area (Å²) in [4.78, 5) is 3.31. The lowest BCUT2D eigenvalue weighted by Gasteiger charge is -2.55. The van der Waals surface area contributed by atoms with Crippen molar-refractivity contribution >= 4 is 17.2 Å². The zero-order valence-corrected chi connectivity index (χ0v) is 14.5. The highest BCUT2D eigenvalue weighted by Crippen LogP contribution is 2.49. The summed E-state index contributed by atoms with van der Waals surface area (Å²) < 4.78 is 0. The zero-order valence-electron chi connectivity index (χ0n) is 13.6. The van der Waals surface area contributed by atoms with Gasteiger partial charge in [0.2, 0.25) is 0 Å². The molecule has 2 N–H and O–H groups in total. The Labute approximate surface area is 139 Å². The highest BCUT2D eigenvalue weighted by Gasteiger charge is 2.48. The Morgan fingerprint density at radius 3 is 2.86 bits per heavy atom. The third kappa shape index (κ3) is 2.21. The lowest BCUT2D eigenvalue weighted by atomic mass is 9.59. The second-order valence-electron chi connectivity index (χ2n) is 7.90. The molecule has 1 aromatic rings. The second kappa shape index (κ2) is 5.04. The van der Waals surface area contributed by atoms with E-state index in [0.29, 0.717) is 16.9 Å². The van der Waals surface area contributed by atoms with Gasteiger partial charge in [-0.2, -0.15) is 0 Å². The maximum absolute atomic E-state index is 5.86. The van der Waals surface area contributed by atoms with Gasteiger partial charge in [0.25, 0.3) is 0 Å². The number of hydrogen-bond acceptors (Lipinski definition) is 2. The number of nitrogens with zero attached hydrogens (tertiary/aromatic N) is 1. The first kappa shape index (κ1) is 14.6. The number of likely N-dealkylation sites (tertiary alicyclic amines) is 1. The van der Waals surface area contributed by atoms with Crippen LogP contribution in [0.1, 0.15) is 49.8 Å². The predicted molar refractivity (Wildman–Crippen MR) is 95.3 cm³/mol. The third-order valence-corrected chi connectivity index (χ3v) is 6.83. The van der Waals surface area contributed by atoms with E-state index in [4.69, 9.17) is 18.0 Å². The molecule has 1 saturated carbocycles.